The van der Waals surface area contributed by atoms with Crippen LogP contribution >= 0.6 is 0 Å². The number of phenolic OH excluding ortho intramolecular Hbond substituents is 1. The van der Waals surface area contributed by atoms with Crippen molar-refractivity contribution in [3.63, 3.8) is 0 Å². The Balaban J connectivity index is 2.28. The van der Waals surface area contributed by atoms with Gasteiger partial charge in [-0.3, -0.25) is 0 Å². The van der Waals surface area contributed by atoms with Crippen LogP contribution in [-0.4, -0.2) is 36.5 Å². The molecule has 0 saturated carbocycles. The molecule has 2 rings (SSSR count). The summed E-state index contributed by atoms with van der Waals surface area (Å²) < 4.78 is 5.11. The topological polar surface area (TPSA) is 52.9 Å². The van der Waals surface area contributed by atoms with Gasteiger partial charge in [-0.15, -0.1) is 0 Å². The quantitative estimate of drug-likeness (QED) is 0.812. The van der Waals surface area contributed by atoms with Gasteiger partial charge in [-0.25, -0.2) is 0 Å². The molecule has 1 heterocycles. The van der Waals surface area contributed by atoms with E-state index >= 15 is 0 Å². The van der Waals surface area contributed by atoms with Gasteiger partial charge in [0.15, 0.2) is 0 Å². The van der Waals surface area contributed by atoms with Crippen molar-refractivity contribution in [2.45, 2.75) is 18.9 Å². The van der Waals surface area contributed by atoms with Crippen LogP contribution in [0.3, 0.4) is 0 Å². The third kappa shape index (κ3) is 2.07. The van der Waals surface area contributed by atoms with Gasteiger partial charge in [-0.05, 0) is 12.8 Å². The fourth-order valence-corrected chi connectivity index (χ4v) is 2.22. The first-order valence-corrected chi connectivity index (χ1v) is 5.50. The minimum absolute atomic E-state index is 0.151. The van der Waals surface area contributed by atoms with Gasteiger partial charge in [0.1, 0.15) is 11.5 Å². The SMILES string of the molecule is COc1cc(O)cc(N2CCCC2CO)c1. The summed E-state index contributed by atoms with van der Waals surface area (Å²) in [7, 11) is 1.58. The lowest BCUT2D eigenvalue weighted by molar-refractivity contribution is 0.266. The molecule has 4 heteroatoms. The van der Waals surface area contributed by atoms with Crippen LogP contribution in [0.5, 0.6) is 11.5 Å². The Morgan fingerprint density at radius 2 is 2.25 bits per heavy atom. The summed E-state index contributed by atoms with van der Waals surface area (Å²) in [6, 6.07) is 5.32. The zero-order valence-electron chi connectivity index (χ0n) is 9.39. The second kappa shape index (κ2) is 4.61. The molecule has 0 spiro atoms. The second-order valence-electron chi connectivity index (χ2n) is 4.06. The molecule has 0 aromatic heterocycles. The number of rotatable bonds is 3. The number of phenols is 1. The molecule has 0 amide bonds. The minimum atomic E-state index is 0.151. The Morgan fingerprint density at radius 3 is 2.94 bits per heavy atom. The number of methoxy groups -OCH3 is 1. The monoisotopic (exact) mass is 223 g/mol. The van der Waals surface area contributed by atoms with Gasteiger partial charge < -0.3 is 19.8 Å². The maximum atomic E-state index is 9.58. The van der Waals surface area contributed by atoms with E-state index in [0.29, 0.717) is 5.75 Å². The highest BCUT2D eigenvalue weighted by atomic mass is 16.5. The van der Waals surface area contributed by atoms with Gasteiger partial charge in [-0.2, -0.15) is 0 Å². The Labute approximate surface area is 95.1 Å². The van der Waals surface area contributed by atoms with Crippen LogP contribution in [0.2, 0.25) is 0 Å². The van der Waals surface area contributed by atoms with Crippen LogP contribution in [0, 0.1) is 0 Å². The van der Waals surface area contributed by atoms with E-state index in [-0.39, 0.29) is 18.4 Å². The van der Waals surface area contributed by atoms with Crippen molar-refractivity contribution in [3.05, 3.63) is 18.2 Å². The maximum Gasteiger partial charge on any atom is 0.124 e. The largest absolute Gasteiger partial charge is 0.508 e. The molecular weight excluding hydrogens is 206 g/mol. The first-order chi connectivity index (χ1) is 7.74. The summed E-state index contributed by atoms with van der Waals surface area (Å²) in [5.41, 5.74) is 0.911. The van der Waals surface area contributed by atoms with Gasteiger partial charge in [0.05, 0.1) is 19.8 Å². The van der Waals surface area contributed by atoms with E-state index in [4.69, 9.17) is 4.74 Å². The smallest absolute Gasteiger partial charge is 0.124 e. The lowest BCUT2D eigenvalue weighted by Gasteiger charge is -2.25. The van der Waals surface area contributed by atoms with Crippen molar-refractivity contribution >= 4 is 5.69 Å². The molecule has 1 fully saturated rings. The van der Waals surface area contributed by atoms with Crippen molar-refractivity contribution in [2.75, 3.05) is 25.2 Å². The molecule has 1 aliphatic heterocycles. The Morgan fingerprint density at radius 1 is 1.44 bits per heavy atom. The van der Waals surface area contributed by atoms with Crippen molar-refractivity contribution < 1.29 is 14.9 Å². The Bertz CT molecular complexity index is 367. The highest BCUT2D eigenvalue weighted by Gasteiger charge is 2.24. The molecule has 2 N–H and O–H groups in total. The molecule has 4 nitrogen and oxygen atoms in total. The van der Waals surface area contributed by atoms with Gasteiger partial charge in [0.25, 0.3) is 0 Å². The molecule has 1 aromatic carbocycles. The molecule has 88 valence electrons. The summed E-state index contributed by atoms with van der Waals surface area (Å²) in [5, 5.41) is 18.8. The predicted octanol–water partition coefficient (Wildman–Crippen LogP) is 1.36. The number of aromatic hydroxyl groups is 1. The van der Waals surface area contributed by atoms with E-state index in [9.17, 15) is 10.2 Å². The van der Waals surface area contributed by atoms with Gasteiger partial charge in [-0.1, -0.05) is 0 Å². The van der Waals surface area contributed by atoms with E-state index < -0.39 is 0 Å². The Hall–Kier alpha value is -1.42. The minimum Gasteiger partial charge on any atom is -0.508 e. The molecule has 0 radical (unpaired) electrons. The summed E-state index contributed by atoms with van der Waals surface area (Å²) in [6.45, 7) is 1.07. The first-order valence-electron chi connectivity index (χ1n) is 5.50. The van der Waals surface area contributed by atoms with Crippen molar-refractivity contribution in [1.29, 1.82) is 0 Å². The van der Waals surface area contributed by atoms with Crippen LogP contribution in [-0.2, 0) is 0 Å². The molecule has 1 unspecified atom stereocenters. The van der Waals surface area contributed by atoms with Crippen molar-refractivity contribution in [1.82, 2.24) is 0 Å². The van der Waals surface area contributed by atoms with Crippen LogP contribution in [0.25, 0.3) is 0 Å². The third-order valence-corrected chi connectivity index (χ3v) is 3.03. The molecule has 1 aliphatic rings. The van der Waals surface area contributed by atoms with Gasteiger partial charge >= 0.3 is 0 Å². The van der Waals surface area contributed by atoms with E-state index in [1.165, 1.54) is 0 Å². The standard InChI is InChI=1S/C12H17NO3/c1-16-12-6-10(5-11(15)7-12)13-4-2-3-9(13)8-14/h5-7,9,14-15H,2-4,8H2,1H3. The van der Waals surface area contributed by atoms with E-state index in [0.717, 1.165) is 25.1 Å². The van der Waals surface area contributed by atoms with E-state index in [1.54, 1.807) is 19.2 Å². The van der Waals surface area contributed by atoms with Crippen molar-refractivity contribution in [3.8, 4) is 11.5 Å². The summed E-state index contributed by atoms with van der Waals surface area (Å²) in [4.78, 5) is 2.11. The summed E-state index contributed by atoms with van der Waals surface area (Å²) in [5.74, 6) is 0.830. The lowest BCUT2D eigenvalue weighted by atomic mass is 10.2. The fourth-order valence-electron chi connectivity index (χ4n) is 2.22. The summed E-state index contributed by atoms with van der Waals surface area (Å²) >= 11 is 0. The molecule has 1 aromatic rings. The number of ether oxygens (including phenoxy) is 1. The molecule has 1 saturated heterocycles. The zero-order valence-corrected chi connectivity index (χ0v) is 9.39. The molecular formula is C12H17NO3. The molecule has 0 bridgehead atoms. The fraction of sp³-hybridized carbons (Fsp3) is 0.500. The molecule has 16 heavy (non-hydrogen) atoms. The van der Waals surface area contributed by atoms with Crippen LogP contribution in [0.1, 0.15) is 12.8 Å². The Kier molecular flexibility index (Phi) is 3.19. The lowest BCUT2D eigenvalue weighted by Crippen LogP contribution is -2.31. The van der Waals surface area contributed by atoms with Crippen LogP contribution in [0.4, 0.5) is 5.69 Å². The average Bonchev–Trinajstić information content (AvgIpc) is 2.76. The number of nitrogens with zero attached hydrogens (tertiary/aromatic N) is 1. The zero-order chi connectivity index (χ0) is 11.5. The summed E-state index contributed by atoms with van der Waals surface area (Å²) in [6.07, 6.45) is 2.07. The molecule has 1 atom stereocenters. The van der Waals surface area contributed by atoms with Crippen LogP contribution < -0.4 is 9.64 Å². The van der Waals surface area contributed by atoms with E-state index in [2.05, 4.69) is 4.90 Å². The average molecular weight is 223 g/mol. The first kappa shape index (κ1) is 11.1. The number of aliphatic hydroxyl groups excluding tert-OH is 1. The van der Waals surface area contributed by atoms with Gasteiger partial charge in [0, 0.05) is 30.4 Å². The number of benzene rings is 1. The number of hydrogen-bond acceptors (Lipinski definition) is 4. The highest BCUT2D eigenvalue weighted by Crippen LogP contribution is 2.32. The highest BCUT2D eigenvalue weighted by molar-refractivity contribution is 5.56. The van der Waals surface area contributed by atoms with Crippen molar-refractivity contribution in [2.24, 2.45) is 0 Å². The molecule has 0 aliphatic carbocycles. The van der Waals surface area contributed by atoms with Gasteiger partial charge in [0.2, 0.25) is 0 Å². The number of anilines is 1. The maximum absolute atomic E-state index is 9.58. The second-order valence-corrected chi connectivity index (χ2v) is 4.06. The van der Waals surface area contributed by atoms with E-state index in [1.807, 2.05) is 6.07 Å². The van der Waals surface area contributed by atoms with Crippen LogP contribution in [0.15, 0.2) is 18.2 Å². The number of hydrogen-bond donors (Lipinski definition) is 2. The predicted molar refractivity (Wildman–Crippen MR) is 62.1 cm³/mol. The normalized spacial score (nSPS) is 20.1. The number of aliphatic hydroxyl groups is 1. The third-order valence-electron chi connectivity index (χ3n) is 3.03.